The molecule has 0 radical (unpaired) electrons. The van der Waals surface area contributed by atoms with Gasteiger partial charge in [-0.3, -0.25) is 4.99 Å². The summed E-state index contributed by atoms with van der Waals surface area (Å²) in [4.78, 5) is 3.85. The molecule has 0 saturated heterocycles. The molecule has 0 aromatic heterocycles. The summed E-state index contributed by atoms with van der Waals surface area (Å²) in [5, 5.41) is 8.31. The SMILES string of the molecule is N#CC(N)=NCc1ccccc1. The zero-order chi connectivity index (χ0) is 8.81. The smallest absolute Gasteiger partial charge is 0.199 e. The molecule has 0 unspecified atom stereocenters. The summed E-state index contributed by atoms with van der Waals surface area (Å²) < 4.78 is 0. The standard InChI is InChI=1S/C9H9N3/c10-6-9(11)12-7-8-4-2-1-3-5-8/h1-5H,7H2,(H2,11,12). The largest absolute Gasteiger partial charge is 0.375 e. The van der Waals surface area contributed by atoms with Crippen molar-refractivity contribution in [3.8, 4) is 6.07 Å². The Hall–Kier alpha value is -1.82. The Bertz CT molecular complexity index is 308. The van der Waals surface area contributed by atoms with E-state index >= 15 is 0 Å². The van der Waals surface area contributed by atoms with Crippen LogP contribution in [0.3, 0.4) is 0 Å². The lowest BCUT2D eigenvalue weighted by Gasteiger charge is -1.93. The molecule has 0 amide bonds. The van der Waals surface area contributed by atoms with Gasteiger partial charge in [-0.25, -0.2) is 0 Å². The molecule has 0 atom stereocenters. The van der Waals surface area contributed by atoms with Crippen LogP contribution >= 0.6 is 0 Å². The van der Waals surface area contributed by atoms with Crippen LogP contribution in [0.1, 0.15) is 5.56 Å². The third-order valence-corrected chi connectivity index (χ3v) is 1.39. The molecule has 0 fully saturated rings. The highest BCUT2D eigenvalue weighted by molar-refractivity contribution is 5.94. The molecular formula is C9H9N3. The van der Waals surface area contributed by atoms with Gasteiger partial charge in [-0.15, -0.1) is 0 Å². The lowest BCUT2D eigenvalue weighted by atomic mass is 10.2. The number of nitriles is 1. The highest BCUT2D eigenvalue weighted by Crippen LogP contribution is 1.99. The molecule has 0 heterocycles. The number of amidine groups is 1. The van der Waals surface area contributed by atoms with Crippen molar-refractivity contribution in [1.29, 1.82) is 5.26 Å². The van der Waals surface area contributed by atoms with Crippen LogP contribution in [0.2, 0.25) is 0 Å². The molecule has 0 saturated carbocycles. The molecule has 0 spiro atoms. The fraction of sp³-hybridized carbons (Fsp3) is 0.111. The Kier molecular flexibility index (Phi) is 2.86. The van der Waals surface area contributed by atoms with Gasteiger partial charge in [0, 0.05) is 0 Å². The maximum Gasteiger partial charge on any atom is 0.199 e. The second-order valence-corrected chi connectivity index (χ2v) is 2.30. The monoisotopic (exact) mass is 159 g/mol. The molecule has 2 N–H and O–H groups in total. The first-order chi connectivity index (χ1) is 5.83. The minimum Gasteiger partial charge on any atom is -0.375 e. The number of rotatable bonds is 2. The van der Waals surface area contributed by atoms with Gasteiger partial charge in [-0.1, -0.05) is 30.3 Å². The number of nitrogens with zero attached hydrogens (tertiary/aromatic N) is 2. The zero-order valence-corrected chi connectivity index (χ0v) is 6.57. The van der Waals surface area contributed by atoms with Crippen molar-refractivity contribution < 1.29 is 0 Å². The Morgan fingerprint density at radius 1 is 1.42 bits per heavy atom. The van der Waals surface area contributed by atoms with Crippen LogP contribution in [-0.4, -0.2) is 5.84 Å². The molecule has 1 aromatic rings. The Morgan fingerprint density at radius 3 is 2.67 bits per heavy atom. The molecule has 1 aromatic carbocycles. The number of nitrogens with two attached hydrogens (primary N) is 1. The molecule has 3 heteroatoms. The van der Waals surface area contributed by atoms with E-state index in [1.165, 1.54) is 0 Å². The number of hydrogen-bond acceptors (Lipinski definition) is 2. The van der Waals surface area contributed by atoms with E-state index in [4.69, 9.17) is 11.0 Å². The highest BCUT2D eigenvalue weighted by Gasteiger charge is 1.89. The zero-order valence-electron chi connectivity index (χ0n) is 6.57. The van der Waals surface area contributed by atoms with E-state index < -0.39 is 0 Å². The van der Waals surface area contributed by atoms with Gasteiger partial charge in [0.05, 0.1) is 6.54 Å². The van der Waals surface area contributed by atoms with Gasteiger partial charge in [0.25, 0.3) is 0 Å². The van der Waals surface area contributed by atoms with Crippen LogP contribution in [0.25, 0.3) is 0 Å². The van der Waals surface area contributed by atoms with Gasteiger partial charge < -0.3 is 5.73 Å². The summed E-state index contributed by atoms with van der Waals surface area (Å²) in [6, 6.07) is 11.4. The third-order valence-electron chi connectivity index (χ3n) is 1.39. The van der Waals surface area contributed by atoms with Crippen LogP contribution in [0.5, 0.6) is 0 Å². The molecular weight excluding hydrogens is 150 g/mol. The van der Waals surface area contributed by atoms with E-state index in [1.807, 2.05) is 30.3 Å². The fourth-order valence-electron chi connectivity index (χ4n) is 0.795. The van der Waals surface area contributed by atoms with Gasteiger partial charge in [-0.2, -0.15) is 5.26 Å². The molecule has 0 aliphatic rings. The first kappa shape index (κ1) is 8.28. The normalized spacial score (nSPS) is 10.8. The summed E-state index contributed by atoms with van der Waals surface area (Å²) in [5.74, 6) is 0.0267. The molecule has 12 heavy (non-hydrogen) atoms. The summed E-state index contributed by atoms with van der Waals surface area (Å²) in [5.41, 5.74) is 6.26. The topological polar surface area (TPSA) is 62.2 Å². The second kappa shape index (κ2) is 4.14. The first-order valence-corrected chi connectivity index (χ1v) is 3.57. The molecule has 60 valence electrons. The van der Waals surface area contributed by atoms with E-state index in [1.54, 1.807) is 6.07 Å². The van der Waals surface area contributed by atoms with Gasteiger partial charge >= 0.3 is 0 Å². The van der Waals surface area contributed by atoms with Crippen LogP contribution in [-0.2, 0) is 6.54 Å². The molecule has 0 bridgehead atoms. The van der Waals surface area contributed by atoms with Crippen molar-refractivity contribution in [1.82, 2.24) is 0 Å². The average molecular weight is 159 g/mol. The predicted octanol–water partition coefficient (Wildman–Crippen LogP) is 1.07. The van der Waals surface area contributed by atoms with E-state index in [9.17, 15) is 0 Å². The molecule has 0 aliphatic heterocycles. The summed E-state index contributed by atoms with van der Waals surface area (Å²) in [6.07, 6.45) is 0. The minimum atomic E-state index is 0.0267. The van der Waals surface area contributed by atoms with Crippen molar-refractivity contribution in [2.24, 2.45) is 10.7 Å². The first-order valence-electron chi connectivity index (χ1n) is 3.57. The van der Waals surface area contributed by atoms with Gasteiger partial charge in [-0.05, 0) is 5.56 Å². The average Bonchev–Trinajstić information content (AvgIpc) is 2.16. The van der Waals surface area contributed by atoms with Crippen molar-refractivity contribution in [3.63, 3.8) is 0 Å². The van der Waals surface area contributed by atoms with E-state index in [-0.39, 0.29) is 5.84 Å². The van der Waals surface area contributed by atoms with Crippen molar-refractivity contribution in [3.05, 3.63) is 35.9 Å². The van der Waals surface area contributed by atoms with Crippen LogP contribution in [0.4, 0.5) is 0 Å². The van der Waals surface area contributed by atoms with Crippen LogP contribution < -0.4 is 5.73 Å². The highest BCUT2D eigenvalue weighted by atomic mass is 14.8. The summed E-state index contributed by atoms with van der Waals surface area (Å²) in [6.45, 7) is 0.472. The summed E-state index contributed by atoms with van der Waals surface area (Å²) >= 11 is 0. The predicted molar refractivity (Wildman–Crippen MR) is 47.4 cm³/mol. The third kappa shape index (κ3) is 2.43. The lowest BCUT2D eigenvalue weighted by molar-refractivity contribution is 1.06. The Labute approximate surface area is 71.2 Å². The number of aliphatic imine (C=N–C) groups is 1. The Balaban J connectivity index is 2.61. The lowest BCUT2D eigenvalue weighted by Crippen LogP contribution is -2.07. The van der Waals surface area contributed by atoms with Crippen molar-refractivity contribution >= 4 is 5.84 Å². The second-order valence-electron chi connectivity index (χ2n) is 2.30. The van der Waals surface area contributed by atoms with Crippen molar-refractivity contribution in [2.75, 3.05) is 0 Å². The fourth-order valence-corrected chi connectivity index (χ4v) is 0.795. The number of benzene rings is 1. The number of hydrogen-bond donors (Lipinski definition) is 1. The maximum atomic E-state index is 8.31. The van der Waals surface area contributed by atoms with Crippen LogP contribution in [0, 0.1) is 11.3 Å². The van der Waals surface area contributed by atoms with E-state index in [0.717, 1.165) is 5.56 Å². The minimum absolute atomic E-state index is 0.0267. The quantitative estimate of drug-likeness (QED) is 0.518. The van der Waals surface area contributed by atoms with E-state index in [2.05, 4.69) is 4.99 Å². The van der Waals surface area contributed by atoms with Gasteiger partial charge in [0.2, 0.25) is 0 Å². The van der Waals surface area contributed by atoms with Gasteiger partial charge in [0.15, 0.2) is 5.84 Å². The van der Waals surface area contributed by atoms with E-state index in [0.29, 0.717) is 6.54 Å². The van der Waals surface area contributed by atoms with Crippen LogP contribution in [0.15, 0.2) is 35.3 Å². The molecule has 0 aliphatic carbocycles. The molecule has 3 nitrogen and oxygen atoms in total. The molecule has 1 rings (SSSR count). The van der Waals surface area contributed by atoms with Gasteiger partial charge in [0.1, 0.15) is 6.07 Å². The summed E-state index contributed by atoms with van der Waals surface area (Å²) in [7, 11) is 0. The van der Waals surface area contributed by atoms with Crippen molar-refractivity contribution in [2.45, 2.75) is 6.54 Å². The maximum absolute atomic E-state index is 8.31. The Morgan fingerprint density at radius 2 is 2.08 bits per heavy atom.